The first kappa shape index (κ1) is 36.3. The highest BCUT2D eigenvalue weighted by Crippen LogP contribution is 2.68. The molecule has 4 saturated carbocycles. The summed E-state index contributed by atoms with van der Waals surface area (Å²) in [4.78, 5) is 63.3. The topological polar surface area (TPSA) is 152 Å². The van der Waals surface area contributed by atoms with E-state index in [4.69, 9.17) is 24.7 Å². The van der Waals surface area contributed by atoms with E-state index < -0.39 is 41.7 Å². The number of ketones is 1. The average Bonchev–Trinajstić information content (AvgIpc) is 3.33. The minimum Gasteiger partial charge on any atom is -0.463 e. The maximum Gasteiger partial charge on any atom is 0.350 e. The van der Waals surface area contributed by atoms with Gasteiger partial charge in [-0.25, -0.2) is 9.59 Å². The summed E-state index contributed by atoms with van der Waals surface area (Å²) in [5, 5.41) is 0. The van der Waals surface area contributed by atoms with Gasteiger partial charge in [-0.05, 0) is 127 Å². The molecule has 0 amide bonds. The molecule has 4 fully saturated rings. The van der Waals surface area contributed by atoms with Crippen LogP contribution < -0.4 is 5.73 Å². The Bertz CT molecular complexity index is 1190. The molecule has 2 N–H and O–H groups in total. The molecular weight excluding hydrogens is 592 g/mol. The van der Waals surface area contributed by atoms with E-state index in [0.29, 0.717) is 29.5 Å². The van der Waals surface area contributed by atoms with Crippen LogP contribution in [0.1, 0.15) is 99.3 Å². The van der Waals surface area contributed by atoms with E-state index in [9.17, 15) is 24.0 Å². The van der Waals surface area contributed by atoms with Crippen LogP contribution in [0.2, 0.25) is 0 Å². The number of hydrogen-bond donors (Lipinski definition) is 1. The lowest BCUT2D eigenvalue weighted by Crippen LogP contribution is -2.56. The highest BCUT2D eigenvalue weighted by atomic mass is 16.6. The number of esters is 4. The first-order valence-corrected chi connectivity index (χ1v) is 17.1. The molecule has 0 aromatic heterocycles. The number of fused-ring (bicyclic) bond motifs is 5. The Morgan fingerprint density at radius 1 is 0.848 bits per heavy atom. The normalized spacial score (nSPS) is 35.3. The van der Waals surface area contributed by atoms with Gasteiger partial charge < -0.3 is 24.7 Å². The van der Waals surface area contributed by atoms with Gasteiger partial charge >= 0.3 is 23.9 Å². The molecule has 8 atom stereocenters. The van der Waals surface area contributed by atoms with E-state index in [1.807, 2.05) is 6.92 Å². The molecular formula is C35H56N2O9. The maximum absolute atomic E-state index is 12.9. The molecule has 0 unspecified atom stereocenters. The zero-order chi connectivity index (χ0) is 34.1. The third kappa shape index (κ3) is 7.61. The number of carbonyl (C=O) groups excluding carboxylic acids is 5. The van der Waals surface area contributed by atoms with Crippen LogP contribution in [0.25, 0.3) is 0 Å². The Balaban J connectivity index is 1.24. The fourth-order valence-electron chi connectivity index (χ4n) is 9.81. The smallest absolute Gasteiger partial charge is 0.350 e. The first-order chi connectivity index (χ1) is 21.4. The summed E-state index contributed by atoms with van der Waals surface area (Å²) >= 11 is 0. The zero-order valence-corrected chi connectivity index (χ0v) is 29.0. The van der Waals surface area contributed by atoms with Crippen molar-refractivity contribution in [3.05, 3.63) is 0 Å². The van der Waals surface area contributed by atoms with Gasteiger partial charge in [0.05, 0.1) is 13.1 Å². The fraction of sp³-hybridized carbons (Fsp3) is 0.857. The van der Waals surface area contributed by atoms with E-state index in [2.05, 4.69) is 13.8 Å². The molecule has 46 heavy (non-hydrogen) atoms. The molecule has 11 nitrogen and oxygen atoms in total. The number of likely N-dealkylation sites (N-methyl/N-ethyl adjacent to an activating group) is 1. The zero-order valence-electron chi connectivity index (χ0n) is 29.0. The van der Waals surface area contributed by atoms with E-state index >= 15 is 0 Å². The number of carbonyl (C=O) groups is 5. The summed E-state index contributed by atoms with van der Waals surface area (Å²) in [6.45, 7) is 10.8. The van der Waals surface area contributed by atoms with Gasteiger partial charge in [0.1, 0.15) is 18.0 Å². The summed E-state index contributed by atoms with van der Waals surface area (Å²) in [7, 11) is 1.64. The second kappa shape index (κ2) is 13.9. The van der Waals surface area contributed by atoms with Crippen LogP contribution in [0, 0.1) is 40.4 Å². The molecule has 0 saturated heterocycles. The second-order valence-corrected chi connectivity index (χ2v) is 15.8. The quantitative estimate of drug-likeness (QED) is 0.243. The molecule has 11 heteroatoms. The predicted molar refractivity (Wildman–Crippen MR) is 169 cm³/mol. The van der Waals surface area contributed by atoms with Crippen molar-refractivity contribution in [2.45, 2.75) is 111 Å². The van der Waals surface area contributed by atoms with Crippen molar-refractivity contribution in [2.75, 3.05) is 39.9 Å². The molecule has 0 spiro atoms. The van der Waals surface area contributed by atoms with Crippen LogP contribution >= 0.6 is 0 Å². The number of rotatable bonds is 12. The van der Waals surface area contributed by atoms with Crippen LogP contribution in [0.3, 0.4) is 0 Å². The van der Waals surface area contributed by atoms with Crippen LogP contribution in [-0.2, 0) is 42.9 Å². The predicted octanol–water partition coefficient (Wildman–Crippen LogP) is 3.83. The van der Waals surface area contributed by atoms with Crippen molar-refractivity contribution in [1.29, 1.82) is 0 Å². The van der Waals surface area contributed by atoms with Crippen molar-refractivity contribution in [3.63, 3.8) is 0 Å². The third-order valence-corrected chi connectivity index (χ3v) is 12.3. The van der Waals surface area contributed by atoms with E-state index in [0.717, 1.165) is 44.9 Å². The van der Waals surface area contributed by atoms with Gasteiger partial charge in [0.2, 0.25) is 5.60 Å². The molecule has 0 radical (unpaired) electrons. The van der Waals surface area contributed by atoms with Gasteiger partial charge in [0.25, 0.3) is 0 Å². The highest BCUT2D eigenvalue weighted by molar-refractivity contribution is 5.85. The van der Waals surface area contributed by atoms with Crippen molar-refractivity contribution in [1.82, 2.24) is 4.90 Å². The van der Waals surface area contributed by atoms with E-state index in [1.54, 1.807) is 18.9 Å². The first-order valence-electron chi connectivity index (χ1n) is 17.1. The maximum atomic E-state index is 12.9. The number of nitrogens with two attached hydrogens (primary N) is 1. The van der Waals surface area contributed by atoms with Crippen molar-refractivity contribution < 1.29 is 42.9 Å². The number of Topliss-reactive ketones (excluding diaryl/α,β-unsaturated/α-hetero) is 1. The minimum atomic E-state index is -1.61. The average molecular weight is 649 g/mol. The molecule has 0 aromatic rings. The van der Waals surface area contributed by atoms with Gasteiger partial charge in [0, 0.05) is 12.5 Å². The summed E-state index contributed by atoms with van der Waals surface area (Å²) in [5.41, 5.74) is 3.27. The van der Waals surface area contributed by atoms with Gasteiger partial charge in [-0.1, -0.05) is 13.8 Å². The molecule has 4 aliphatic rings. The number of ether oxygens (including phenoxy) is 4. The van der Waals surface area contributed by atoms with E-state index in [1.165, 1.54) is 26.7 Å². The van der Waals surface area contributed by atoms with Crippen LogP contribution in [0.4, 0.5) is 0 Å². The summed E-state index contributed by atoms with van der Waals surface area (Å²) in [5.74, 6) is 0.261. The Morgan fingerprint density at radius 2 is 1.54 bits per heavy atom. The lowest BCUT2D eigenvalue weighted by atomic mass is 9.44. The SMILES string of the molecule is CC(=O)[C@H]1CC[C@H]2[C@@H]3CC[C@H]4C[C@](C)(OC(=O)COC(=O)C(C)(C)OC(=O)CN(C)CCOC(=O)CN)CC[C@]4(C)[C@H]3CC[C@]12C. The van der Waals surface area contributed by atoms with Crippen molar-refractivity contribution in [2.24, 2.45) is 46.2 Å². The Hall–Kier alpha value is -2.53. The number of nitrogens with zero attached hydrogens (tertiary/aromatic N) is 1. The molecule has 260 valence electrons. The standard InChI is InChI=1S/C35H56N2O9/c1-22(38)25-10-11-26-24-9-8-23-18-33(4,14-15-34(23,5)27(24)12-13-35(25,26)6)46-30(41)21-44-31(42)32(2,3)45-29(40)20-37(7)16-17-43-28(39)19-36/h23-27H,8-21,36H2,1-7H3/t23-,24-,25+,26-,27-,33+,34-,35+/m0/s1. The Kier molecular flexibility index (Phi) is 11.0. The Morgan fingerprint density at radius 3 is 2.22 bits per heavy atom. The molecule has 0 aromatic carbocycles. The summed E-state index contributed by atoms with van der Waals surface area (Å²) in [6.07, 6.45) is 9.28. The summed E-state index contributed by atoms with van der Waals surface area (Å²) < 4.78 is 21.4. The van der Waals surface area contributed by atoms with Crippen LogP contribution in [0.5, 0.6) is 0 Å². The fourth-order valence-corrected chi connectivity index (χ4v) is 9.81. The minimum absolute atomic E-state index is 0.0654. The summed E-state index contributed by atoms with van der Waals surface area (Å²) in [6, 6.07) is 0. The molecule has 0 heterocycles. The lowest BCUT2D eigenvalue weighted by molar-refractivity contribution is -0.191. The molecule has 0 aliphatic heterocycles. The monoisotopic (exact) mass is 648 g/mol. The molecule has 4 rings (SSSR count). The van der Waals surface area contributed by atoms with E-state index in [-0.39, 0.29) is 43.0 Å². The van der Waals surface area contributed by atoms with Gasteiger partial charge in [-0.3, -0.25) is 19.3 Å². The second-order valence-electron chi connectivity index (χ2n) is 15.8. The lowest BCUT2D eigenvalue weighted by Gasteiger charge is -2.62. The van der Waals surface area contributed by atoms with Crippen LogP contribution in [-0.4, -0.2) is 85.7 Å². The Labute approximate surface area is 273 Å². The molecule has 0 bridgehead atoms. The highest BCUT2D eigenvalue weighted by Gasteiger charge is 2.62. The van der Waals surface area contributed by atoms with Crippen molar-refractivity contribution >= 4 is 29.7 Å². The largest absolute Gasteiger partial charge is 0.463 e. The van der Waals surface area contributed by atoms with Gasteiger partial charge in [-0.2, -0.15) is 0 Å². The van der Waals surface area contributed by atoms with Gasteiger partial charge in [0.15, 0.2) is 6.61 Å². The number of hydrogen-bond acceptors (Lipinski definition) is 11. The third-order valence-electron chi connectivity index (χ3n) is 12.3. The van der Waals surface area contributed by atoms with Crippen LogP contribution in [0.15, 0.2) is 0 Å². The van der Waals surface area contributed by atoms with Crippen molar-refractivity contribution in [3.8, 4) is 0 Å². The van der Waals surface area contributed by atoms with Gasteiger partial charge in [-0.15, -0.1) is 0 Å². The molecule has 4 aliphatic carbocycles.